The van der Waals surface area contributed by atoms with Crippen molar-refractivity contribution in [2.45, 2.75) is 25.1 Å². The SMILES string of the molecule is O=C(NC1CNC(c2ccccc2)C1)OCc1ccccc1. The molecule has 2 atom stereocenters. The predicted octanol–water partition coefficient (Wildman–Crippen LogP) is 3.02. The van der Waals surface area contributed by atoms with Gasteiger partial charge in [0.15, 0.2) is 0 Å². The van der Waals surface area contributed by atoms with Crippen LogP contribution in [0, 0.1) is 0 Å². The van der Waals surface area contributed by atoms with Crippen molar-refractivity contribution in [3.63, 3.8) is 0 Å². The molecule has 0 aromatic heterocycles. The van der Waals surface area contributed by atoms with E-state index in [2.05, 4.69) is 22.8 Å². The number of amides is 1. The molecule has 0 saturated carbocycles. The molecule has 1 aliphatic heterocycles. The van der Waals surface area contributed by atoms with Gasteiger partial charge in [-0.2, -0.15) is 0 Å². The van der Waals surface area contributed by atoms with E-state index in [1.165, 1.54) is 5.56 Å². The molecule has 0 spiro atoms. The van der Waals surface area contributed by atoms with Gasteiger partial charge in [0.05, 0.1) is 0 Å². The minimum atomic E-state index is -0.357. The molecular weight excluding hydrogens is 276 g/mol. The summed E-state index contributed by atoms with van der Waals surface area (Å²) in [7, 11) is 0. The van der Waals surface area contributed by atoms with Gasteiger partial charge in [-0.25, -0.2) is 4.79 Å². The lowest BCUT2D eigenvalue weighted by Crippen LogP contribution is -2.36. The van der Waals surface area contributed by atoms with Crippen molar-refractivity contribution in [3.8, 4) is 0 Å². The third-order valence-electron chi connectivity index (χ3n) is 3.87. The zero-order valence-corrected chi connectivity index (χ0v) is 12.4. The van der Waals surface area contributed by atoms with E-state index in [-0.39, 0.29) is 12.1 Å². The fraction of sp³-hybridized carbons (Fsp3) is 0.278. The van der Waals surface area contributed by atoms with Gasteiger partial charge in [0.25, 0.3) is 0 Å². The molecule has 114 valence electrons. The number of hydrogen-bond donors (Lipinski definition) is 2. The molecule has 22 heavy (non-hydrogen) atoms. The van der Waals surface area contributed by atoms with Crippen LogP contribution in [0.3, 0.4) is 0 Å². The summed E-state index contributed by atoms with van der Waals surface area (Å²) >= 11 is 0. The van der Waals surface area contributed by atoms with Crippen molar-refractivity contribution in [1.29, 1.82) is 0 Å². The summed E-state index contributed by atoms with van der Waals surface area (Å²) in [6.07, 6.45) is 0.522. The summed E-state index contributed by atoms with van der Waals surface area (Å²) in [4.78, 5) is 11.9. The van der Waals surface area contributed by atoms with Gasteiger partial charge < -0.3 is 15.4 Å². The first kappa shape index (κ1) is 14.6. The standard InChI is InChI=1S/C18H20N2O2/c21-18(22-13-14-7-3-1-4-8-14)20-16-11-17(19-12-16)15-9-5-2-6-10-15/h1-10,16-17,19H,11-13H2,(H,20,21). The smallest absolute Gasteiger partial charge is 0.407 e. The molecule has 2 aromatic carbocycles. The Hall–Kier alpha value is -2.33. The summed E-state index contributed by atoms with van der Waals surface area (Å²) in [6.45, 7) is 1.06. The zero-order chi connectivity index (χ0) is 15.2. The highest BCUT2D eigenvalue weighted by atomic mass is 16.5. The summed E-state index contributed by atoms with van der Waals surface area (Å²) in [5.41, 5.74) is 2.24. The van der Waals surface area contributed by atoms with Crippen LogP contribution in [0.15, 0.2) is 60.7 Å². The Morgan fingerprint density at radius 2 is 1.77 bits per heavy atom. The predicted molar refractivity (Wildman–Crippen MR) is 85.4 cm³/mol. The first-order valence-electron chi connectivity index (χ1n) is 7.57. The van der Waals surface area contributed by atoms with Crippen molar-refractivity contribution in [1.82, 2.24) is 10.6 Å². The second-order valence-electron chi connectivity index (χ2n) is 5.51. The molecule has 4 nitrogen and oxygen atoms in total. The summed E-state index contributed by atoms with van der Waals surface area (Å²) in [5.74, 6) is 0. The molecule has 0 bridgehead atoms. The molecule has 2 N–H and O–H groups in total. The highest BCUT2D eigenvalue weighted by molar-refractivity contribution is 5.67. The molecular formula is C18H20N2O2. The lowest BCUT2D eigenvalue weighted by molar-refractivity contribution is 0.136. The van der Waals surface area contributed by atoms with Crippen LogP contribution >= 0.6 is 0 Å². The fourth-order valence-corrected chi connectivity index (χ4v) is 2.72. The van der Waals surface area contributed by atoms with Crippen LogP contribution in [0.1, 0.15) is 23.6 Å². The van der Waals surface area contributed by atoms with Crippen LogP contribution in [-0.2, 0) is 11.3 Å². The molecule has 0 radical (unpaired) electrons. The Morgan fingerprint density at radius 1 is 1.09 bits per heavy atom. The van der Waals surface area contributed by atoms with Crippen molar-refractivity contribution >= 4 is 6.09 Å². The number of nitrogens with one attached hydrogen (secondary N) is 2. The zero-order valence-electron chi connectivity index (χ0n) is 12.4. The van der Waals surface area contributed by atoms with Crippen LogP contribution in [0.25, 0.3) is 0 Å². The van der Waals surface area contributed by atoms with Crippen LogP contribution in [0.2, 0.25) is 0 Å². The van der Waals surface area contributed by atoms with Gasteiger partial charge in [-0.1, -0.05) is 60.7 Å². The maximum Gasteiger partial charge on any atom is 0.407 e. The first-order chi connectivity index (χ1) is 10.8. The lowest BCUT2D eigenvalue weighted by Gasteiger charge is -2.13. The highest BCUT2D eigenvalue weighted by Gasteiger charge is 2.26. The largest absolute Gasteiger partial charge is 0.445 e. The lowest BCUT2D eigenvalue weighted by atomic mass is 10.0. The number of alkyl carbamates (subject to hydrolysis) is 1. The summed E-state index contributed by atoms with van der Waals surface area (Å²) in [5, 5.41) is 6.36. The Morgan fingerprint density at radius 3 is 2.50 bits per heavy atom. The van der Waals surface area contributed by atoms with Crippen LogP contribution in [0.4, 0.5) is 4.79 Å². The van der Waals surface area contributed by atoms with Crippen molar-refractivity contribution in [3.05, 3.63) is 71.8 Å². The van der Waals surface area contributed by atoms with E-state index in [4.69, 9.17) is 4.74 Å². The monoisotopic (exact) mass is 296 g/mol. The number of benzene rings is 2. The Labute approximate surface area is 130 Å². The molecule has 3 rings (SSSR count). The van der Waals surface area contributed by atoms with E-state index in [9.17, 15) is 4.79 Å². The average Bonchev–Trinajstić information content (AvgIpc) is 3.03. The molecule has 0 aliphatic carbocycles. The third-order valence-corrected chi connectivity index (χ3v) is 3.87. The molecule has 2 aromatic rings. The van der Waals surface area contributed by atoms with E-state index >= 15 is 0 Å². The van der Waals surface area contributed by atoms with Gasteiger partial charge in [-0.05, 0) is 17.5 Å². The molecule has 4 heteroatoms. The van der Waals surface area contributed by atoms with Gasteiger partial charge in [-0.15, -0.1) is 0 Å². The first-order valence-corrected chi connectivity index (χ1v) is 7.57. The maximum atomic E-state index is 11.9. The number of carbonyl (C=O) groups excluding carboxylic acids is 1. The van der Waals surface area contributed by atoms with E-state index in [0.717, 1.165) is 18.5 Å². The molecule has 1 aliphatic rings. The number of ether oxygens (including phenoxy) is 1. The van der Waals surface area contributed by atoms with E-state index in [0.29, 0.717) is 12.6 Å². The molecule has 1 amide bonds. The quantitative estimate of drug-likeness (QED) is 0.912. The molecule has 1 fully saturated rings. The molecule has 1 saturated heterocycles. The minimum Gasteiger partial charge on any atom is -0.445 e. The van der Waals surface area contributed by atoms with Gasteiger partial charge in [0.2, 0.25) is 0 Å². The highest BCUT2D eigenvalue weighted by Crippen LogP contribution is 2.22. The average molecular weight is 296 g/mol. The normalized spacial score (nSPS) is 20.5. The summed E-state index contributed by atoms with van der Waals surface area (Å²) < 4.78 is 5.25. The van der Waals surface area contributed by atoms with E-state index in [1.54, 1.807) is 0 Å². The topological polar surface area (TPSA) is 50.4 Å². The minimum absolute atomic E-state index is 0.105. The summed E-state index contributed by atoms with van der Waals surface area (Å²) in [6, 6.07) is 20.4. The second-order valence-corrected chi connectivity index (χ2v) is 5.51. The molecule has 2 unspecified atom stereocenters. The van der Waals surface area contributed by atoms with Crippen LogP contribution in [0.5, 0.6) is 0 Å². The van der Waals surface area contributed by atoms with Gasteiger partial charge >= 0.3 is 6.09 Å². The van der Waals surface area contributed by atoms with Crippen molar-refractivity contribution in [2.24, 2.45) is 0 Å². The van der Waals surface area contributed by atoms with Gasteiger partial charge in [0.1, 0.15) is 6.61 Å². The van der Waals surface area contributed by atoms with Crippen LogP contribution in [-0.4, -0.2) is 18.7 Å². The van der Waals surface area contributed by atoms with Crippen molar-refractivity contribution < 1.29 is 9.53 Å². The van der Waals surface area contributed by atoms with Gasteiger partial charge in [-0.3, -0.25) is 0 Å². The Bertz CT molecular complexity index is 601. The van der Waals surface area contributed by atoms with E-state index in [1.807, 2.05) is 48.5 Å². The maximum absolute atomic E-state index is 11.9. The number of hydrogen-bond acceptors (Lipinski definition) is 3. The Balaban J connectivity index is 1.45. The fourth-order valence-electron chi connectivity index (χ4n) is 2.72. The Kier molecular flexibility index (Phi) is 4.71. The second kappa shape index (κ2) is 7.09. The number of rotatable bonds is 4. The number of carbonyl (C=O) groups is 1. The van der Waals surface area contributed by atoms with Crippen molar-refractivity contribution in [2.75, 3.05) is 6.54 Å². The van der Waals surface area contributed by atoms with E-state index < -0.39 is 0 Å². The molecule has 1 heterocycles. The van der Waals surface area contributed by atoms with Gasteiger partial charge in [0, 0.05) is 18.6 Å². The van der Waals surface area contributed by atoms with Crippen LogP contribution < -0.4 is 10.6 Å². The third kappa shape index (κ3) is 3.86.